The van der Waals surface area contributed by atoms with Crippen LogP contribution < -0.4 is 10.5 Å². The fourth-order valence-electron chi connectivity index (χ4n) is 2.18. The number of rotatable bonds is 3. The zero-order chi connectivity index (χ0) is 13.1. The van der Waals surface area contributed by atoms with E-state index in [1.54, 1.807) is 0 Å². The summed E-state index contributed by atoms with van der Waals surface area (Å²) in [5.41, 5.74) is 5.76. The number of ether oxygens (including phenoxy) is 1. The van der Waals surface area contributed by atoms with Gasteiger partial charge < -0.3 is 15.4 Å². The minimum atomic E-state index is -0.993. The number of benzene rings is 1. The summed E-state index contributed by atoms with van der Waals surface area (Å²) in [4.78, 5) is 2.30. The molecular formula is C13H18F2N2O. The molecule has 18 heavy (non-hydrogen) atoms. The summed E-state index contributed by atoms with van der Waals surface area (Å²) in [5.74, 6) is -2.07. The molecule has 1 aliphatic rings. The first-order chi connectivity index (χ1) is 8.61. The predicted molar refractivity (Wildman–Crippen MR) is 66.5 cm³/mol. The van der Waals surface area contributed by atoms with Crippen molar-refractivity contribution in [2.75, 3.05) is 25.4 Å². The first kappa shape index (κ1) is 13.1. The number of nitrogens with zero attached hydrogens (tertiary/aromatic N) is 1. The number of nitrogen functional groups attached to an aromatic ring is 1. The first-order valence-corrected chi connectivity index (χ1v) is 6.24. The molecule has 2 N–H and O–H groups in total. The van der Waals surface area contributed by atoms with E-state index in [1.807, 2.05) is 0 Å². The molecule has 1 aromatic carbocycles. The molecule has 0 spiro atoms. The smallest absolute Gasteiger partial charge is 0.202 e. The molecule has 1 aliphatic heterocycles. The summed E-state index contributed by atoms with van der Waals surface area (Å²) >= 11 is 0. The van der Waals surface area contributed by atoms with E-state index < -0.39 is 11.6 Å². The minimum absolute atomic E-state index is 0.0913. The topological polar surface area (TPSA) is 38.5 Å². The summed E-state index contributed by atoms with van der Waals surface area (Å²) in [6, 6.07) is 2.34. The Morgan fingerprint density at radius 1 is 1.33 bits per heavy atom. The third-order valence-electron chi connectivity index (χ3n) is 3.35. The van der Waals surface area contributed by atoms with E-state index in [4.69, 9.17) is 10.5 Å². The molecule has 100 valence electrons. The summed E-state index contributed by atoms with van der Waals surface area (Å²) in [6.07, 6.45) is 1.53. The molecule has 2 rings (SSSR count). The molecule has 0 unspecified atom stereocenters. The number of hydrogen-bond acceptors (Lipinski definition) is 3. The lowest BCUT2D eigenvalue weighted by Gasteiger charge is -2.31. The van der Waals surface area contributed by atoms with Gasteiger partial charge in [-0.25, -0.2) is 4.39 Å². The van der Waals surface area contributed by atoms with E-state index >= 15 is 0 Å². The summed E-state index contributed by atoms with van der Waals surface area (Å²) in [6.45, 7) is 4.94. The van der Waals surface area contributed by atoms with E-state index in [9.17, 15) is 8.78 Å². The second kappa shape index (κ2) is 5.52. The maximum absolute atomic E-state index is 13.6. The molecule has 0 saturated carbocycles. The third-order valence-corrected chi connectivity index (χ3v) is 3.35. The number of anilines is 1. The first-order valence-electron chi connectivity index (χ1n) is 6.24. The number of halogens is 2. The van der Waals surface area contributed by atoms with Crippen LogP contribution in [0.1, 0.15) is 19.8 Å². The molecule has 5 heteroatoms. The van der Waals surface area contributed by atoms with Crippen LogP contribution in [0.15, 0.2) is 12.1 Å². The van der Waals surface area contributed by atoms with Gasteiger partial charge in [-0.3, -0.25) is 0 Å². The van der Waals surface area contributed by atoms with Crippen LogP contribution in [-0.4, -0.2) is 30.6 Å². The van der Waals surface area contributed by atoms with Crippen LogP contribution in [-0.2, 0) is 0 Å². The highest BCUT2D eigenvalue weighted by molar-refractivity contribution is 5.53. The average molecular weight is 256 g/mol. The highest BCUT2D eigenvalue weighted by Crippen LogP contribution is 2.29. The van der Waals surface area contributed by atoms with Crippen molar-refractivity contribution in [3.8, 4) is 5.75 Å². The fraction of sp³-hybridized carbons (Fsp3) is 0.538. The Hall–Kier alpha value is -1.36. The standard InChI is InChI=1S/C13H18F2N2O/c1-2-17-7-5-9(6-8-17)18-13-11(16)4-3-10(14)12(13)15/h3-4,9H,2,5-8,16H2,1H3. The van der Waals surface area contributed by atoms with Gasteiger partial charge in [0, 0.05) is 13.1 Å². The van der Waals surface area contributed by atoms with E-state index in [2.05, 4.69) is 11.8 Å². The van der Waals surface area contributed by atoms with Gasteiger partial charge in [-0.15, -0.1) is 0 Å². The van der Waals surface area contributed by atoms with Crippen molar-refractivity contribution < 1.29 is 13.5 Å². The van der Waals surface area contributed by atoms with Crippen molar-refractivity contribution in [3.05, 3.63) is 23.8 Å². The molecule has 0 aliphatic carbocycles. The molecular weight excluding hydrogens is 238 g/mol. The lowest BCUT2D eigenvalue weighted by atomic mass is 10.1. The largest absolute Gasteiger partial charge is 0.485 e. The van der Waals surface area contributed by atoms with Gasteiger partial charge in [0.1, 0.15) is 6.10 Å². The fourth-order valence-corrected chi connectivity index (χ4v) is 2.18. The van der Waals surface area contributed by atoms with Crippen molar-refractivity contribution in [3.63, 3.8) is 0 Å². The molecule has 0 amide bonds. The van der Waals surface area contributed by atoms with Gasteiger partial charge in [-0.2, -0.15) is 4.39 Å². The molecule has 1 saturated heterocycles. The molecule has 0 aromatic heterocycles. The van der Waals surface area contributed by atoms with E-state index in [0.717, 1.165) is 38.5 Å². The van der Waals surface area contributed by atoms with E-state index in [0.29, 0.717) is 0 Å². The normalized spacial score (nSPS) is 17.9. The van der Waals surface area contributed by atoms with Gasteiger partial charge in [0.05, 0.1) is 5.69 Å². The summed E-state index contributed by atoms with van der Waals surface area (Å²) < 4.78 is 32.2. The van der Waals surface area contributed by atoms with Gasteiger partial charge in [0.15, 0.2) is 11.6 Å². The second-order valence-corrected chi connectivity index (χ2v) is 4.53. The Kier molecular flexibility index (Phi) is 4.01. The number of nitrogens with two attached hydrogens (primary N) is 1. The van der Waals surface area contributed by atoms with Crippen LogP contribution in [0, 0.1) is 11.6 Å². The highest BCUT2D eigenvalue weighted by Gasteiger charge is 2.22. The number of likely N-dealkylation sites (tertiary alicyclic amines) is 1. The monoisotopic (exact) mass is 256 g/mol. The van der Waals surface area contributed by atoms with Crippen LogP contribution in [0.2, 0.25) is 0 Å². The van der Waals surface area contributed by atoms with Gasteiger partial charge in [-0.05, 0) is 31.5 Å². The van der Waals surface area contributed by atoms with Crippen molar-refractivity contribution >= 4 is 5.69 Å². The SMILES string of the molecule is CCN1CCC(Oc2c(N)ccc(F)c2F)CC1. The van der Waals surface area contributed by atoms with Crippen LogP contribution in [0.5, 0.6) is 5.75 Å². The predicted octanol–water partition coefficient (Wildman–Crippen LogP) is 2.41. The number of piperidine rings is 1. The van der Waals surface area contributed by atoms with Gasteiger partial charge >= 0.3 is 0 Å². The number of hydrogen-bond donors (Lipinski definition) is 1. The van der Waals surface area contributed by atoms with Crippen molar-refractivity contribution in [1.82, 2.24) is 4.90 Å². The van der Waals surface area contributed by atoms with Crippen molar-refractivity contribution in [2.24, 2.45) is 0 Å². The molecule has 0 radical (unpaired) electrons. The quantitative estimate of drug-likeness (QED) is 0.844. The van der Waals surface area contributed by atoms with Crippen LogP contribution >= 0.6 is 0 Å². The lowest BCUT2D eigenvalue weighted by Crippen LogP contribution is -2.38. The van der Waals surface area contributed by atoms with Crippen LogP contribution in [0.25, 0.3) is 0 Å². The highest BCUT2D eigenvalue weighted by atomic mass is 19.2. The summed E-state index contributed by atoms with van der Waals surface area (Å²) in [7, 11) is 0. The van der Waals surface area contributed by atoms with E-state index in [-0.39, 0.29) is 17.5 Å². The Morgan fingerprint density at radius 3 is 2.61 bits per heavy atom. The third kappa shape index (κ3) is 2.72. The van der Waals surface area contributed by atoms with Crippen molar-refractivity contribution in [2.45, 2.75) is 25.9 Å². The molecule has 3 nitrogen and oxygen atoms in total. The van der Waals surface area contributed by atoms with Gasteiger partial charge in [0.2, 0.25) is 5.82 Å². The summed E-state index contributed by atoms with van der Waals surface area (Å²) in [5, 5.41) is 0. The Labute approximate surface area is 106 Å². The Morgan fingerprint density at radius 2 is 2.00 bits per heavy atom. The van der Waals surface area contributed by atoms with Gasteiger partial charge in [0.25, 0.3) is 0 Å². The van der Waals surface area contributed by atoms with Crippen LogP contribution in [0.4, 0.5) is 14.5 Å². The molecule has 0 atom stereocenters. The average Bonchev–Trinajstić information content (AvgIpc) is 2.40. The second-order valence-electron chi connectivity index (χ2n) is 4.53. The molecule has 1 aromatic rings. The van der Waals surface area contributed by atoms with Crippen molar-refractivity contribution in [1.29, 1.82) is 0 Å². The maximum Gasteiger partial charge on any atom is 0.202 e. The molecule has 1 fully saturated rings. The lowest BCUT2D eigenvalue weighted by molar-refractivity contribution is 0.100. The maximum atomic E-state index is 13.6. The minimum Gasteiger partial charge on any atom is -0.485 e. The molecule has 1 heterocycles. The van der Waals surface area contributed by atoms with Crippen LogP contribution in [0.3, 0.4) is 0 Å². The van der Waals surface area contributed by atoms with E-state index in [1.165, 1.54) is 6.07 Å². The zero-order valence-electron chi connectivity index (χ0n) is 10.5. The van der Waals surface area contributed by atoms with Gasteiger partial charge in [-0.1, -0.05) is 6.92 Å². The Bertz CT molecular complexity index is 418. The Balaban J connectivity index is 2.04. The zero-order valence-corrected chi connectivity index (χ0v) is 10.5. The molecule has 0 bridgehead atoms.